The highest BCUT2D eigenvalue weighted by Crippen LogP contribution is 2.28. The maximum atomic E-state index is 13.7. The monoisotopic (exact) mass is 416 g/mol. The van der Waals surface area contributed by atoms with Crippen LogP contribution in [0.2, 0.25) is 10.0 Å². The first-order valence-corrected chi connectivity index (χ1v) is 9.90. The minimum absolute atomic E-state index is 0.0290. The predicted molar refractivity (Wildman–Crippen MR) is 102 cm³/mol. The van der Waals surface area contributed by atoms with Crippen LogP contribution >= 0.6 is 23.2 Å². The molecule has 2 amide bonds. The van der Waals surface area contributed by atoms with E-state index in [1.165, 1.54) is 6.07 Å². The van der Waals surface area contributed by atoms with Crippen molar-refractivity contribution in [3.8, 4) is 0 Å². The molecule has 0 N–H and O–H groups in total. The molecule has 2 unspecified atom stereocenters. The topological polar surface area (TPSA) is 49.9 Å². The van der Waals surface area contributed by atoms with Crippen molar-refractivity contribution in [2.75, 3.05) is 26.2 Å². The summed E-state index contributed by atoms with van der Waals surface area (Å²) < 4.78 is 19.4. The van der Waals surface area contributed by atoms with E-state index in [4.69, 9.17) is 27.9 Å². The van der Waals surface area contributed by atoms with Gasteiger partial charge >= 0.3 is 0 Å². The zero-order valence-corrected chi connectivity index (χ0v) is 16.9. The van der Waals surface area contributed by atoms with Crippen molar-refractivity contribution in [3.05, 3.63) is 33.6 Å². The van der Waals surface area contributed by atoms with Gasteiger partial charge in [-0.3, -0.25) is 9.59 Å². The SMILES string of the molecule is CC1CN(C(=O)C2CCN(C(=O)c3cc(F)c(Cl)cc3Cl)CC2)CC(C)O1. The third-order valence-corrected chi connectivity index (χ3v) is 5.71. The Morgan fingerprint density at radius 3 is 2.22 bits per heavy atom. The van der Waals surface area contributed by atoms with Crippen molar-refractivity contribution < 1.29 is 18.7 Å². The molecule has 5 nitrogen and oxygen atoms in total. The maximum Gasteiger partial charge on any atom is 0.255 e. The second-order valence-electron chi connectivity index (χ2n) is 7.31. The van der Waals surface area contributed by atoms with E-state index in [1.807, 2.05) is 18.7 Å². The zero-order chi connectivity index (χ0) is 19.7. The molecular weight excluding hydrogens is 394 g/mol. The van der Waals surface area contributed by atoms with E-state index < -0.39 is 5.82 Å². The van der Waals surface area contributed by atoms with Crippen LogP contribution in [0.4, 0.5) is 4.39 Å². The third kappa shape index (κ3) is 4.55. The summed E-state index contributed by atoms with van der Waals surface area (Å²) in [6.45, 7) is 6.00. The van der Waals surface area contributed by atoms with Crippen molar-refractivity contribution in [3.63, 3.8) is 0 Å². The van der Waals surface area contributed by atoms with Gasteiger partial charge in [-0.25, -0.2) is 4.39 Å². The fraction of sp³-hybridized carbons (Fsp3) is 0.579. The molecule has 8 heteroatoms. The van der Waals surface area contributed by atoms with Crippen molar-refractivity contribution in [2.45, 2.75) is 38.9 Å². The van der Waals surface area contributed by atoms with Crippen molar-refractivity contribution in [1.82, 2.24) is 9.80 Å². The fourth-order valence-electron chi connectivity index (χ4n) is 3.80. The van der Waals surface area contributed by atoms with Gasteiger partial charge in [0.25, 0.3) is 5.91 Å². The van der Waals surface area contributed by atoms with Gasteiger partial charge in [0.05, 0.1) is 27.8 Å². The van der Waals surface area contributed by atoms with Gasteiger partial charge in [0.2, 0.25) is 5.91 Å². The van der Waals surface area contributed by atoms with Gasteiger partial charge in [-0.15, -0.1) is 0 Å². The number of carbonyl (C=O) groups excluding carboxylic acids is 2. The molecule has 2 heterocycles. The van der Waals surface area contributed by atoms with Crippen molar-refractivity contribution in [2.24, 2.45) is 5.92 Å². The molecule has 27 heavy (non-hydrogen) atoms. The minimum atomic E-state index is -0.676. The minimum Gasteiger partial charge on any atom is -0.372 e. The van der Waals surface area contributed by atoms with E-state index in [1.54, 1.807) is 4.90 Å². The Bertz CT molecular complexity index is 728. The number of carbonyl (C=O) groups is 2. The number of halogens is 3. The van der Waals surface area contributed by atoms with Crippen molar-refractivity contribution in [1.29, 1.82) is 0 Å². The number of piperidine rings is 1. The lowest BCUT2D eigenvalue weighted by atomic mass is 9.94. The van der Waals surface area contributed by atoms with Gasteiger partial charge in [-0.2, -0.15) is 0 Å². The van der Waals surface area contributed by atoms with Crippen LogP contribution in [-0.4, -0.2) is 60.0 Å². The molecule has 3 rings (SSSR count). The summed E-state index contributed by atoms with van der Waals surface area (Å²) in [5.74, 6) is -0.997. The van der Waals surface area contributed by atoms with Crippen LogP contribution in [0.3, 0.4) is 0 Å². The number of benzene rings is 1. The molecule has 0 radical (unpaired) electrons. The van der Waals surface area contributed by atoms with Crippen LogP contribution in [0.25, 0.3) is 0 Å². The number of morpholine rings is 1. The first-order valence-electron chi connectivity index (χ1n) is 9.14. The van der Waals surface area contributed by atoms with Crippen LogP contribution in [0.15, 0.2) is 12.1 Å². The van der Waals surface area contributed by atoms with Crippen LogP contribution in [0.1, 0.15) is 37.0 Å². The number of ether oxygens (including phenoxy) is 1. The predicted octanol–water partition coefficient (Wildman–Crippen LogP) is 3.62. The van der Waals surface area contributed by atoms with E-state index in [0.29, 0.717) is 39.0 Å². The van der Waals surface area contributed by atoms with E-state index in [-0.39, 0.29) is 45.5 Å². The summed E-state index contributed by atoms with van der Waals surface area (Å²) in [4.78, 5) is 29.0. The lowest BCUT2D eigenvalue weighted by molar-refractivity contribution is -0.148. The standard InChI is InChI=1S/C19H23Cl2FN2O3/c1-11-9-24(10-12(2)27-11)18(25)13-3-5-23(6-4-13)19(26)14-7-17(22)16(21)8-15(14)20/h7-8,11-13H,3-6,9-10H2,1-2H3. The molecule has 2 fully saturated rings. The van der Waals surface area contributed by atoms with Crippen LogP contribution in [0.5, 0.6) is 0 Å². The summed E-state index contributed by atoms with van der Waals surface area (Å²) in [7, 11) is 0. The van der Waals surface area contributed by atoms with Gasteiger partial charge in [0.1, 0.15) is 5.82 Å². The van der Waals surface area contributed by atoms with E-state index in [9.17, 15) is 14.0 Å². The lowest BCUT2D eigenvalue weighted by Gasteiger charge is -2.39. The summed E-state index contributed by atoms with van der Waals surface area (Å²) >= 11 is 11.7. The molecule has 1 aromatic rings. The van der Waals surface area contributed by atoms with E-state index in [0.717, 1.165) is 6.07 Å². The molecule has 0 bridgehead atoms. The number of hydrogen-bond donors (Lipinski definition) is 0. The van der Waals surface area contributed by atoms with E-state index >= 15 is 0 Å². The molecule has 2 saturated heterocycles. The second kappa shape index (κ2) is 8.33. The number of likely N-dealkylation sites (tertiary alicyclic amines) is 1. The molecular formula is C19H23Cl2FN2O3. The second-order valence-corrected chi connectivity index (χ2v) is 8.13. The quantitative estimate of drug-likeness (QED) is 0.691. The maximum absolute atomic E-state index is 13.7. The van der Waals surface area contributed by atoms with Crippen LogP contribution in [-0.2, 0) is 9.53 Å². The van der Waals surface area contributed by atoms with Gasteiger partial charge in [0.15, 0.2) is 0 Å². The Labute approximate surface area is 168 Å². The number of amides is 2. The summed E-state index contributed by atoms with van der Waals surface area (Å²) in [6.07, 6.45) is 1.22. The van der Waals surface area contributed by atoms with Gasteiger partial charge in [-0.05, 0) is 38.8 Å². The first-order chi connectivity index (χ1) is 12.8. The summed E-state index contributed by atoms with van der Waals surface area (Å²) in [5, 5.41) is 0.00992. The summed E-state index contributed by atoms with van der Waals surface area (Å²) in [6, 6.07) is 2.31. The van der Waals surface area contributed by atoms with Gasteiger partial charge < -0.3 is 14.5 Å². The molecule has 0 spiro atoms. The lowest BCUT2D eigenvalue weighted by Crippen LogP contribution is -2.51. The Balaban J connectivity index is 1.61. The average Bonchev–Trinajstić information content (AvgIpc) is 2.63. The molecule has 1 aromatic carbocycles. The molecule has 2 aliphatic rings. The molecule has 2 atom stereocenters. The van der Waals surface area contributed by atoms with Gasteiger partial charge in [-0.1, -0.05) is 23.2 Å². The Morgan fingerprint density at radius 1 is 1.04 bits per heavy atom. The highest BCUT2D eigenvalue weighted by molar-refractivity contribution is 6.36. The number of rotatable bonds is 2. The zero-order valence-electron chi connectivity index (χ0n) is 15.4. The molecule has 0 aromatic heterocycles. The van der Waals surface area contributed by atoms with Crippen molar-refractivity contribution >= 4 is 35.0 Å². The Morgan fingerprint density at radius 2 is 1.63 bits per heavy atom. The smallest absolute Gasteiger partial charge is 0.255 e. The molecule has 0 aliphatic carbocycles. The third-order valence-electron chi connectivity index (χ3n) is 5.10. The fourth-order valence-corrected chi connectivity index (χ4v) is 4.27. The Kier molecular flexibility index (Phi) is 6.28. The molecule has 2 aliphatic heterocycles. The largest absolute Gasteiger partial charge is 0.372 e. The summed E-state index contributed by atoms with van der Waals surface area (Å²) in [5.41, 5.74) is 0.0965. The first kappa shape index (κ1) is 20.4. The average molecular weight is 417 g/mol. The van der Waals surface area contributed by atoms with Gasteiger partial charge in [0, 0.05) is 32.1 Å². The highest BCUT2D eigenvalue weighted by Gasteiger charge is 2.34. The number of nitrogens with zero attached hydrogens (tertiary/aromatic N) is 2. The number of hydrogen-bond acceptors (Lipinski definition) is 3. The molecule has 148 valence electrons. The Hall–Kier alpha value is -1.37. The van der Waals surface area contributed by atoms with E-state index in [2.05, 4.69) is 0 Å². The van der Waals surface area contributed by atoms with Crippen LogP contribution < -0.4 is 0 Å². The normalized spacial score (nSPS) is 24.2. The molecule has 0 saturated carbocycles. The highest BCUT2D eigenvalue weighted by atomic mass is 35.5. The van der Waals surface area contributed by atoms with Crippen LogP contribution in [0, 0.1) is 11.7 Å².